The lowest BCUT2D eigenvalue weighted by atomic mass is 9.99. The predicted octanol–water partition coefficient (Wildman–Crippen LogP) is 1.95. The largest absolute Gasteiger partial charge is 0.364 e. The Hall–Kier alpha value is -1.20. The fourth-order valence-corrected chi connectivity index (χ4v) is 2.47. The standard InChI is InChI=1S/C14H21F2N3/c1-14(2)9-19(5-4-18(14)3)13-11(15)6-10(8-17)7-12(13)16/h6-7H,4-5,8-9,17H2,1-3H3. The average Bonchev–Trinajstić information content (AvgIpc) is 2.32. The van der Waals surface area contributed by atoms with Gasteiger partial charge in [0.15, 0.2) is 0 Å². The number of piperazine rings is 1. The van der Waals surface area contributed by atoms with Crippen LogP contribution in [0.25, 0.3) is 0 Å². The third-order valence-corrected chi connectivity index (χ3v) is 3.95. The molecule has 0 bridgehead atoms. The molecule has 0 spiro atoms. The van der Waals surface area contributed by atoms with Gasteiger partial charge in [-0.2, -0.15) is 0 Å². The molecule has 1 aromatic carbocycles. The smallest absolute Gasteiger partial charge is 0.149 e. The van der Waals surface area contributed by atoms with Gasteiger partial charge in [-0.15, -0.1) is 0 Å². The van der Waals surface area contributed by atoms with Gasteiger partial charge in [0.1, 0.15) is 17.3 Å². The number of anilines is 1. The number of benzene rings is 1. The topological polar surface area (TPSA) is 32.5 Å². The molecular formula is C14H21F2N3. The first-order chi connectivity index (χ1) is 8.85. The Morgan fingerprint density at radius 1 is 1.21 bits per heavy atom. The first kappa shape index (κ1) is 14.2. The molecule has 0 saturated carbocycles. The molecule has 2 N–H and O–H groups in total. The van der Waals surface area contributed by atoms with Crippen molar-refractivity contribution in [1.82, 2.24) is 4.90 Å². The first-order valence-electron chi connectivity index (χ1n) is 6.49. The van der Waals surface area contributed by atoms with Crippen LogP contribution in [0.5, 0.6) is 0 Å². The van der Waals surface area contributed by atoms with Gasteiger partial charge in [0.2, 0.25) is 0 Å². The van der Waals surface area contributed by atoms with E-state index in [1.807, 2.05) is 7.05 Å². The fourth-order valence-electron chi connectivity index (χ4n) is 2.47. The fraction of sp³-hybridized carbons (Fsp3) is 0.571. The molecule has 2 rings (SSSR count). The highest BCUT2D eigenvalue weighted by Crippen LogP contribution is 2.29. The maximum Gasteiger partial charge on any atom is 0.149 e. The Bertz CT molecular complexity index is 451. The van der Waals surface area contributed by atoms with E-state index in [9.17, 15) is 8.78 Å². The number of likely N-dealkylation sites (N-methyl/N-ethyl adjacent to an activating group) is 1. The van der Waals surface area contributed by atoms with Crippen molar-refractivity contribution in [2.24, 2.45) is 5.73 Å². The lowest BCUT2D eigenvalue weighted by Crippen LogP contribution is -2.58. The van der Waals surface area contributed by atoms with E-state index in [-0.39, 0.29) is 17.8 Å². The van der Waals surface area contributed by atoms with Crippen LogP contribution in [0.4, 0.5) is 14.5 Å². The number of halogens is 2. The molecule has 0 radical (unpaired) electrons. The molecule has 1 saturated heterocycles. The molecule has 1 aliphatic rings. The van der Waals surface area contributed by atoms with Crippen molar-refractivity contribution >= 4 is 5.69 Å². The zero-order valence-electron chi connectivity index (χ0n) is 11.7. The lowest BCUT2D eigenvalue weighted by molar-refractivity contribution is 0.138. The molecule has 0 amide bonds. The molecule has 0 aliphatic carbocycles. The highest BCUT2D eigenvalue weighted by Gasteiger charge is 2.33. The van der Waals surface area contributed by atoms with Gasteiger partial charge >= 0.3 is 0 Å². The first-order valence-corrected chi connectivity index (χ1v) is 6.49. The van der Waals surface area contributed by atoms with Gasteiger partial charge in [0.05, 0.1) is 0 Å². The minimum absolute atomic E-state index is 0.0679. The molecule has 1 heterocycles. The highest BCUT2D eigenvalue weighted by molar-refractivity contribution is 5.51. The number of rotatable bonds is 2. The van der Waals surface area contributed by atoms with Gasteiger partial charge in [0, 0.05) is 31.7 Å². The molecule has 0 unspecified atom stereocenters. The van der Waals surface area contributed by atoms with E-state index in [1.54, 1.807) is 4.90 Å². The molecule has 0 atom stereocenters. The second-order valence-electron chi connectivity index (χ2n) is 5.77. The Kier molecular flexibility index (Phi) is 3.78. The van der Waals surface area contributed by atoms with Crippen LogP contribution < -0.4 is 10.6 Å². The molecule has 3 nitrogen and oxygen atoms in total. The van der Waals surface area contributed by atoms with Crippen molar-refractivity contribution in [2.75, 3.05) is 31.6 Å². The summed E-state index contributed by atoms with van der Waals surface area (Å²) in [6.07, 6.45) is 0. The average molecular weight is 269 g/mol. The van der Waals surface area contributed by atoms with Gasteiger partial charge in [-0.3, -0.25) is 4.90 Å². The quantitative estimate of drug-likeness (QED) is 0.890. The van der Waals surface area contributed by atoms with Crippen molar-refractivity contribution in [2.45, 2.75) is 25.9 Å². The molecule has 1 fully saturated rings. The molecule has 1 aliphatic heterocycles. The Morgan fingerprint density at radius 2 is 1.79 bits per heavy atom. The summed E-state index contributed by atoms with van der Waals surface area (Å²) in [6, 6.07) is 2.65. The van der Waals surface area contributed by atoms with Crippen LogP contribution in [-0.4, -0.2) is 37.1 Å². The third kappa shape index (κ3) is 2.72. The monoisotopic (exact) mass is 269 g/mol. The SMILES string of the molecule is CN1CCN(c2c(F)cc(CN)cc2F)CC1(C)C. The number of nitrogens with two attached hydrogens (primary N) is 1. The van der Waals surface area contributed by atoms with Gasteiger partial charge in [-0.05, 0) is 38.6 Å². The second kappa shape index (κ2) is 5.06. The van der Waals surface area contributed by atoms with Gasteiger partial charge in [0.25, 0.3) is 0 Å². The van der Waals surface area contributed by atoms with Crippen molar-refractivity contribution in [3.63, 3.8) is 0 Å². The molecule has 0 aromatic heterocycles. The van der Waals surface area contributed by atoms with Crippen molar-refractivity contribution in [3.05, 3.63) is 29.3 Å². The Morgan fingerprint density at radius 3 is 2.26 bits per heavy atom. The molecule has 106 valence electrons. The van der Waals surface area contributed by atoms with Crippen LogP contribution in [0.15, 0.2) is 12.1 Å². The van der Waals surface area contributed by atoms with E-state index < -0.39 is 11.6 Å². The molecule has 19 heavy (non-hydrogen) atoms. The maximum absolute atomic E-state index is 14.1. The van der Waals surface area contributed by atoms with Gasteiger partial charge in [-0.1, -0.05) is 0 Å². The van der Waals surface area contributed by atoms with Crippen molar-refractivity contribution in [3.8, 4) is 0 Å². The predicted molar refractivity (Wildman–Crippen MR) is 73.2 cm³/mol. The summed E-state index contributed by atoms with van der Waals surface area (Å²) in [4.78, 5) is 3.98. The van der Waals surface area contributed by atoms with E-state index >= 15 is 0 Å². The zero-order valence-corrected chi connectivity index (χ0v) is 11.7. The van der Waals surface area contributed by atoms with E-state index in [0.717, 1.165) is 6.54 Å². The molecular weight excluding hydrogens is 248 g/mol. The summed E-state index contributed by atoms with van der Waals surface area (Å²) in [5, 5.41) is 0. The normalized spacial score (nSPS) is 19.8. The summed E-state index contributed by atoms with van der Waals surface area (Å²) in [7, 11) is 2.03. The summed E-state index contributed by atoms with van der Waals surface area (Å²) in [5.74, 6) is -1.05. The van der Waals surface area contributed by atoms with Crippen molar-refractivity contribution < 1.29 is 8.78 Å². The van der Waals surface area contributed by atoms with E-state index in [1.165, 1.54) is 12.1 Å². The molecule has 5 heteroatoms. The highest BCUT2D eigenvalue weighted by atomic mass is 19.1. The van der Waals surface area contributed by atoms with E-state index in [2.05, 4.69) is 18.7 Å². The van der Waals surface area contributed by atoms with Gasteiger partial charge in [-0.25, -0.2) is 8.78 Å². The lowest BCUT2D eigenvalue weighted by Gasteiger charge is -2.46. The van der Waals surface area contributed by atoms with Crippen LogP contribution in [0.1, 0.15) is 19.4 Å². The number of hydrogen-bond acceptors (Lipinski definition) is 3. The Balaban J connectivity index is 2.33. The van der Waals surface area contributed by atoms with E-state index in [4.69, 9.17) is 5.73 Å². The minimum Gasteiger partial charge on any atom is -0.364 e. The second-order valence-corrected chi connectivity index (χ2v) is 5.77. The van der Waals surface area contributed by atoms with Crippen LogP contribution >= 0.6 is 0 Å². The number of nitrogens with zero attached hydrogens (tertiary/aromatic N) is 2. The van der Waals surface area contributed by atoms with Crippen molar-refractivity contribution in [1.29, 1.82) is 0 Å². The third-order valence-electron chi connectivity index (χ3n) is 3.95. The minimum atomic E-state index is -0.527. The van der Waals surface area contributed by atoms with Crippen LogP contribution in [0.2, 0.25) is 0 Å². The van der Waals surface area contributed by atoms with Gasteiger partial charge < -0.3 is 10.6 Å². The summed E-state index contributed by atoms with van der Waals surface area (Å²) >= 11 is 0. The summed E-state index contributed by atoms with van der Waals surface area (Å²) < 4.78 is 28.2. The van der Waals surface area contributed by atoms with Crippen LogP contribution in [0, 0.1) is 11.6 Å². The summed E-state index contributed by atoms with van der Waals surface area (Å²) in [5.41, 5.74) is 5.86. The maximum atomic E-state index is 14.1. The summed E-state index contributed by atoms with van der Waals surface area (Å²) in [6.45, 7) is 6.29. The van der Waals surface area contributed by atoms with E-state index in [0.29, 0.717) is 18.7 Å². The molecule has 1 aromatic rings. The van der Waals surface area contributed by atoms with Crippen LogP contribution in [-0.2, 0) is 6.54 Å². The Labute approximate surface area is 113 Å². The van der Waals surface area contributed by atoms with Crippen LogP contribution in [0.3, 0.4) is 0 Å². The zero-order chi connectivity index (χ0) is 14.2. The number of hydrogen-bond donors (Lipinski definition) is 1.